The Labute approximate surface area is 173 Å². The predicted molar refractivity (Wildman–Crippen MR) is 109 cm³/mol. The van der Waals surface area contributed by atoms with Crippen LogP contribution in [0, 0.1) is 13.8 Å². The number of benzene rings is 1. The minimum atomic E-state index is -1.15. The van der Waals surface area contributed by atoms with Crippen LogP contribution in [0.2, 0.25) is 0 Å². The topological polar surface area (TPSA) is 131 Å². The number of aryl methyl sites for hydroxylation is 2. The van der Waals surface area contributed by atoms with Gasteiger partial charge in [-0.1, -0.05) is 6.07 Å². The maximum Gasteiger partial charge on any atom is 0.252 e. The lowest BCUT2D eigenvalue weighted by Gasteiger charge is -2.27. The van der Waals surface area contributed by atoms with E-state index in [4.69, 9.17) is 25.4 Å². The van der Waals surface area contributed by atoms with Crippen molar-refractivity contribution in [2.75, 3.05) is 13.2 Å². The van der Waals surface area contributed by atoms with Gasteiger partial charge in [0.05, 0.1) is 12.2 Å². The van der Waals surface area contributed by atoms with Crippen molar-refractivity contribution in [3.8, 4) is 5.75 Å². The molecule has 0 radical (unpaired) electrons. The monoisotopic (exact) mass is 409 g/mol. The van der Waals surface area contributed by atoms with Crippen LogP contribution < -0.4 is 16.2 Å². The number of pyridine rings is 1. The molecule has 156 valence electrons. The molecule has 3 aromatic rings. The van der Waals surface area contributed by atoms with Crippen molar-refractivity contribution in [1.82, 2.24) is 4.98 Å². The SMILES string of the molecule is Cc1ncccc1COc1ccc2oc(C)c(C(N)=O)c2c1C1(C(N)=O)CCOC1. The molecule has 2 amide bonds. The van der Waals surface area contributed by atoms with Crippen LogP contribution in [0.1, 0.15) is 39.4 Å². The summed E-state index contributed by atoms with van der Waals surface area (Å²) < 4.78 is 17.5. The van der Waals surface area contributed by atoms with Crippen molar-refractivity contribution < 1.29 is 23.5 Å². The van der Waals surface area contributed by atoms with E-state index in [9.17, 15) is 9.59 Å². The van der Waals surface area contributed by atoms with Gasteiger partial charge in [0.15, 0.2) is 0 Å². The van der Waals surface area contributed by atoms with E-state index in [2.05, 4.69) is 4.98 Å². The lowest BCUT2D eigenvalue weighted by atomic mass is 9.76. The Morgan fingerprint density at radius 3 is 2.67 bits per heavy atom. The smallest absolute Gasteiger partial charge is 0.252 e. The summed E-state index contributed by atoms with van der Waals surface area (Å²) in [4.78, 5) is 29.2. The minimum absolute atomic E-state index is 0.0894. The van der Waals surface area contributed by atoms with Crippen LogP contribution in [-0.4, -0.2) is 30.0 Å². The van der Waals surface area contributed by atoms with Gasteiger partial charge in [-0.05, 0) is 38.5 Å². The Balaban J connectivity index is 1.94. The number of carbonyl (C=O) groups is 2. The van der Waals surface area contributed by atoms with Gasteiger partial charge in [0.25, 0.3) is 5.91 Å². The highest BCUT2D eigenvalue weighted by molar-refractivity contribution is 6.10. The summed E-state index contributed by atoms with van der Waals surface area (Å²) in [7, 11) is 0. The summed E-state index contributed by atoms with van der Waals surface area (Å²) >= 11 is 0. The van der Waals surface area contributed by atoms with Crippen molar-refractivity contribution in [2.45, 2.75) is 32.3 Å². The molecule has 4 rings (SSSR count). The Kier molecular flexibility index (Phi) is 4.95. The quantitative estimate of drug-likeness (QED) is 0.642. The van der Waals surface area contributed by atoms with Crippen molar-refractivity contribution in [2.24, 2.45) is 11.5 Å². The number of aromatic nitrogens is 1. The molecule has 8 nitrogen and oxygen atoms in total. The van der Waals surface area contributed by atoms with E-state index >= 15 is 0 Å². The van der Waals surface area contributed by atoms with Crippen molar-refractivity contribution in [1.29, 1.82) is 0 Å². The van der Waals surface area contributed by atoms with Gasteiger partial charge in [-0.15, -0.1) is 0 Å². The van der Waals surface area contributed by atoms with Crippen molar-refractivity contribution in [3.05, 3.63) is 58.6 Å². The van der Waals surface area contributed by atoms with Gasteiger partial charge in [0, 0.05) is 35.0 Å². The van der Waals surface area contributed by atoms with Gasteiger partial charge < -0.3 is 25.4 Å². The highest BCUT2D eigenvalue weighted by Gasteiger charge is 2.47. The molecule has 2 aromatic heterocycles. The number of carbonyl (C=O) groups excluding carboxylic acids is 2. The molecule has 3 heterocycles. The number of fused-ring (bicyclic) bond motifs is 1. The second-order valence-corrected chi connectivity index (χ2v) is 7.49. The number of nitrogens with zero attached hydrogens (tertiary/aromatic N) is 1. The van der Waals surface area contributed by atoms with Gasteiger partial charge in [-0.25, -0.2) is 0 Å². The maximum absolute atomic E-state index is 12.7. The standard InChI is InChI=1S/C22H23N3O5/c1-12-14(4-3-8-25-12)10-29-16-6-5-15-18(17(20(23)26)13(2)30-15)19(16)22(21(24)27)7-9-28-11-22/h3-6,8H,7,9-11H2,1-2H3,(H2,23,26)(H2,24,27). The van der Waals surface area contributed by atoms with E-state index in [1.165, 1.54) is 0 Å². The third-order valence-corrected chi connectivity index (χ3v) is 5.71. The zero-order chi connectivity index (χ0) is 21.5. The van der Waals surface area contributed by atoms with E-state index in [1.54, 1.807) is 25.3 Å². The fourth-order valence-corrected chi connectivity index (χ4v) is 4.09. The van der Waals surface area contributed by atoms with E-state index in [-0.39, 0.29) is 18.8 Å². The third-order valence-electron chi connectivity index (χ3n) is 5.71. The first-order valence-corrected chi connectivity index (χ1v) is 9.62. The molecule has 1 unspecified atom stereocenters. The molecule has 0 saturated carbocycles. The van der Waals surface area contributed by atoms with Crippen LogP contribution >= 0.6 is 0 Å². The van der Waals surface area contributed by atoms with Gasteiger partial charge in [0.1, 0.15) is 29.1 Å². The molecule has 0 aliphatic carbocycles. The van der Waals surface area contributed by atoms with E-state index < -0.39 is 17.2 Å². The van der Waals surface area contributed by atoms with E-state index in [1.807, 2.05) is 19.1 Å². The number of ether oxygens (including phenoxy) is 2. The molecule has 1 aliphatic heterocycles. The Morgan fingerprint density at radius 2 is 2.03 bits per heavy atom. The second kappa shape index (κ2) is 7.46. The van der Waals surface area contributed by atoms with E-state index in [0.717, 1.165) is 11.3 Å². The summed E-state index contributed by atoms with van der Waals surface area (Å²) in [5.41, 5.74) is 13.2. The van der Waals surface area contributed by atoms with Crippen LogP contribution in [-0.2, 0) is 21.6 Å². The molecule has 1 fully saturated rings. The van der Waals surface area contributed by atoms with Crippen molar-refractivity contribution >= 4 is 22.8 Å². The zero-order valence-electron chi connectivity index (χ0n) is 16.9. The first-order valence-electron chi connectivity index (χ1n) is 9.62. The third kappa shape index (κ3) is 3.09. The molecular formula is C22H23N3O5. The number of rotatable bonds is 6. The Bertz CT molecular complexity index is 1150. The first-order chi connectivity index (χ1) is 14.3. The number of amides is 2. The van der Waals surface area contributed by atoms with Crippen molar-refractivity contribution in [3.63, 3.8) is 0 Å². The maximum atomic E-state index is 12.7. The van der Waals surface area contributed by atoms with E-state index in [0.29, 0.717) is 41.1 Å². The van der Waals surface area contributed by atoms with Gasteiger partial charge >= 0.3 is 0 Å². The Hall–Kier alpha value is -3.39. The zero-order valence-corrected chi connectivity index (χ0v) is 16.9. The molecule has 0 bridgehead atoms. The fourth-order valence-electron chi connectivity index (χ4n) is 4.09. The lowest BCUT2D eigenvalue weighted by molar-refractivity contribution is -0.123. The molecule has 1 aliphatic rings. The highest BCUT2D eigenvalue weighted by atomic mass is 16.5. The number of primary amides is 2. The summed E-state index contributed by atoms with van der Waals surface area (Å²) in [6.45, 7) is 4.24. The lowest BCUT2D eigenvalue weighted by Crippen LogP contribution is -2.42. The Morgan fingerprint density at radius 1 is 1.23 bits per heavy atom. The predicted octanol–water partition coefficient (Wildman–Crippen LogP) is 2.27. The van der Waals surface area contributed by atoms with Gasteiger partial charge in [-0.2, -0.15) is 0 Å². The molecule has 8 heteroatoms. The molecule has 1 atom stereocenters. The molecular weight excluding hydrogens is 386 g/mol. The first kappa shape index (κ1) is 19.9. The molecule has 30 heavy (non-hydrogen) atoms. The average molecular weight is 409 g/mol. The summed E-state index contributed by atoms with van der Waals surface area (Å²) in [5.74, 6) is -0.397. The minimum Gasteiger partial charge on any atom is -0.488 e. The van der Waals surface area contributed by atoms with Crippen LogP contribution in [0.3, 0.4) is 0 Å². The van der Waals surface area contributed by atoms with Gasteiger partial charge in [0.2, 0.25) is 5.91 Å². The fraction of sp³-hybridized carbons (Fsp3) is 0.318. The van der Waals surface area contributed by atoms with Gasteiger partial charge in [-0.3, -0.25) is 14.6 Å². The molecule has 1 saturated heterocycles. The number of furan rings is 1. The highest BCUT2D eigenvalue weighted by Crippen LogP contribution is 2.45. The van der Waals surface area contributed by atoms with Crippen LogP contribution in [0.25, 0.3) is 11.0 Å². The molecule has 1 aromatic carbocycles. The number of hydrogen-bond acceptors (Lipinski definition) is 6. The van der Waals surface area contributed by atoms with Crippen LogP contribution in [0.5, 0.6) is 5.75 Å². The number of hydrogen-bond donors (Lipinski definition) is 2. The molecule has 0 spiro atoms. The summed E-state index contributed by atoms with van der Waals surface area (Å²) in [6, 6.07) is 7.17. The number of nitrogens with two attached hydrogens (primary N) is 2. The second-order valence-electron chi connectivity index (χ2n) is 7.49. The average Bonchev–Trinajstić information content (AvgIpc) is 3.31. The van der Waals surface area contributed by atoms with Crippen LogP contribution in [0.15, 0.2) is 34.9 Å². The largest absolute Gasteiger partial charge is 0.488 e. The summed E-state index contributed by atoms with van der Waals surface area (Å²) in [5, 5.41) is 0.449. The molecule has 4 N–H and O–H groups in total. The summed E-state index contributed by atoms with van der Waals surface area (Å²) in [6.07, 6.45) is 2.08. The van der Waals surface area contributed by atoms with Crippen LogP contribution in [0.4, 0.5) is 0 Å². The normalized spacial score (nSPS) is 18.6.